The molecule has 1 aliphatic heterocycles. The van der Waals surface area contributed by atoms with Gasteiger partial charge in [0.1, 0.15) is 0 Å². The van der Waals surface area contributed by atoms with Crippen molar-refractivity contribution in [1.29, 1.82) is 0 Å². The molecule has 0 aromatic heterocycles. The Balaban J connectivity index is 1.58. The Morgan fingerprint density at radius 2 is 1.89 bits per heavy atom. The number of carbonyl (C=O) groups excluding carboxylic acids is 1. The van der Waals surface area contributed by atoms with Crippen LogP contribution in [0.1, 0.15) is 41.1 Å². The Hall–Kier alpha value is -4.11. The number of aliphatic carboxylic acids is 1. The normalized spacial score (nSPS) is 22.5. The van der Waals surface area contributed by atoms with Crippen molar-refractivity contribution in [2.24, 2.45) is 34.1 Å². The van der Waals surface area contributed by atoms with Crippen molar-refractivity contribution < 1.29 is 14.7 Å². The number of hydrogen-bond acceptors (Lipinski definition) is 7. The van der Waals surface area contributed by atoms with Crippen molar-refractivity contribution in [3.05, 3.63) is 89.4 Å². The van der Waals surface area contributed by atoms with Gasteiger partial charge in [-0.15, -0.1) is 0 Å². The largest absolute Gasteiger partial charge is 0.478 e. The van der Waals surface area contributed by atoms with Gasteiger partial charge in [0.15, 0.2) is 0 Å². The van der Waals surface area contributed by atoms with Crippen LogP contribution >= 0.6 is 0 Å². The highest BCUT2D eigenvalue weighted by molar-refractivity contribution is 6.21. The molecule has 3 atom stereocenters. The predicted octanol–water partition coefficient (Wildman–Crippen LogP) is 2.95. The van der Waals surface area contributed by atoms with Crippen molar-refractivity contribution in [2.45, 2.75) is 25.2 Å². The first-order valence-electron chi connectivity index (χ1n) is 12.4. The Bertz CT molecular complexity index is 1240. The number of benzene rings is 2. The quantitative estimate of drug-likeness (QED) is 0.187. The minimum absolute atomic E-state index is 0.0366. The summed E-state index contributed by atoms with van der Waals surface area (Å²) in [5.41, 5.74) is 15.2. The molecule has 1 amide bonds. The van der Waals surface area contributed by atoms with Crippen LogP contribution in [0.2, 0.25) is 0 Å². The lowest BCUT2D eigenvalue weighted by Crippen LogP contribution is -2.39. The fraction of sp³-hybridized carbons (Fsp3) is 0.321. The first kappa shape index (κ1) is 26.0. The second-order valence-corrected chi connectivity index (χ2v) is 9.68. The van der Waals surface area contributed by atoms with Crippen LogP contribution < -0.4 is 17.3 Å². The maximum Gasteiger partial charge on any atom is 0.339 e. The molecule has 194 valence electrons. The molecule has 1 saturated heterocycles. The van der Waals surface area contributed by atoms with Gasteiger partial charge in [-0.2, -0.15) is 0 Å². The minimum Gasteiger partial charge on any atom is -0.478 e. The van der Waals surface area contributed by atoms with Crippen LogP contribution in [0.5, 0.6) is 0 Å². The van der Waals surface area contributed by atoms with Crippen LogP contribution in [0.25, 0.3) is 0 Å². The zero-order valence-corrected chi connectivity index (χ0v) is 21.0. The molecule has 9 heteroatoms. The number of allylic oxidation sites excluding steroid dienone is 1. The molecular formula is C28H34N6O3. The van der Waals surface area contributed by atoms with Crippen molar-refractivity contribution >= 4 is 23.3 Å². The second kappa shape index (κ2) is 11.3. The number of nitrogens with zero attached hydrogens (tertiary/aromatic N) is 3. The third kappa shape index (κ3) is 6.18. The average Bonchev–Trinajstić information content (AvgIpc) is 3.69. The van der Waals surface area contributed by atoms with Crippen LogP contribution in [0, 0.1) is 11.8 Å². The van der Waals surface area contributed by atoms with Gasteiger partial charge in [0.2, 0.25) is 0 Å². The van der Waals surface area contributed by atoms with Gasteiger partial charge in [-0.3, -0.25) is 9.79 Å². The highest BCUT2D eigenvalue weighted by Crippen LogP contribution is 2.45. The van der Waals surface area contributed by atoms with Crippen LogP contribution in [0.4, 0.5) is 5.69 Å². The number of carboxylic acids is 1. The van der Waals surface area contributed by atoms with Crippen LogP contribution in [0.15, 0.2) is 83.3 Å². The zero-order valence-electron chi connectivity index (χ0n) is 21.0. The Kier molecular flexibility index (Phi) is 7.93. The molecule has 0 bridgehead atoms. The molecule has 1 saturated carbocycles. The third-order valence-corrected chi connectivity index (χ3v) is 6.92. The van der Waals surface area contributed by atoms with Crippen molar-refractivity contribution in [3.8, 4) is 0 Å². The predicted molar refractivity (Wildman–Crippen MR) is 144 cm³/mol. The van der Waals surface area contributed by atoms with Crippen molar-refractivity contribution in [3.63, 3.8) is 0 Å². The first-order chi connectivity index (χ1) is 17.8. The van der Waals surface area contributed by atoms with Crippen LogP contribution in [-0.2, 0) is 4.79 Å². The highest BCUT2D eigenvalue weighted by Gasteiger charge is 2.45. The summed E-state index contributed by atoms with van der Waals surface area (Å²) < 4.78 is 0. The summed E-state index contributed by atoms with van der Waals surface area (Å²) in [6.07, 6.45) is 5.25. The van der Waals surface area contributed by atoms with E-state index in [9.17, 15) is 14.7 Å². The van der Waals surface area contributed by atoms with E-state index in [1.54, 1.807) is 13.2 Å². The van der Waals surface area contributed by atoms with Gasteiger partial charge < -0.3 is 26.5 Å². The number of amides is 1. The second-order valence-electron chi connectivity index (χ2n) is 9.68. The number of rotatable bonds is 8. The number of nitrogens with two attached hydrogens (primary N) is 3. The summed E-state index contributed by atoms with van der Waals surface area (Å²) in [6, 6.07) is 17.1. The Labute approximate surface area is 216 Å². The van der Waals surface area contributed by atoms with Crippen LogP contribution in [0.3, 0.4) is 0 Å². The van der Waals surface area contributed by atoms with Crippen molar-refractivity contribution in [2.75, 3.05) is 20.1 Å². The number of aliphatic imine (C=N–C) groups is 1. The molecule has 2 fully saturated rings. The average molecular weight is 503 g/mol. The molecule has 0 radical (unpaired) electrons. The van der Waals surface area contributed by atoms with E-state index in [2.05, 4.69) is 0 Å². The molecule has 37 heavy (non-hydrogen) atoms. The van der Waals surface area contributed by atoms with E-state index in [0.29, 0.717) is 35.6 Å². The number of likely N-dealkylation sites (tertiary alicyclic amines) is 1. The van der Waals surface area contributed by atoms with E-state index >= 15 is 0 Å². The van der Waals surface area contributed by atoms with E-state index in [-0.39, 0.29) is 29.2 Å². The molecular weight excluding hydrogens is 468 g/mol. The number of piperidine rings is 1. The lowest BCUT2D eigenvalue weighted by Gasteiger charge is -2.33. The fourth-order valence-corrected chi connectivity index (χ4v) is 4.99. The maximum absolute atomic E-state index is 13.0. The van der Waals surface area contributed by atoms with Crippen molar-refractivity contribution in [1.82, 2.24) is 9.91 Å². The molecule has 9 nitrogen and oxygen atoms in total. The summed E-state index contributed by atoms with van der Waals surface area (Å²) >= 11 is 0. The number of carbonyl (C=O) groups is 2. The maximum atomic E-state index is 13.0. The smallest absolute Gasteiger partial charge is 0.339 e. The number of carboxylic acid groups (broad SMARTS) is 1. The summed E-state index contributed by atoms with van der Waals surface area (Å²) in [6.45, 7) is 1.35. The monoisotopic (exact) mass is 502 g/mol. The molecule has 7 N–H and O–H groups in total. The van der Waals surface area contributed by atoms with E-state index in [0.717, 1.165) is 31.1 Å². The molecule has 1 aliphatic carbocycles. The molecule has 0 spiro atoms. The molecule has 2 aromatic carbocycles. The van der Waals surface area contributed by atoms with Gasteiger partial charge in [-0.25, -0.2) is 10.6 Å². The number of hydrazine groups is 1. The third-order valence-electron chi connectivity index (χ3n) is 6.92. The number of hydrogen-bond donors (Lipinski definition) is 4. The lowest BCUT2D eigenvalue weighted by molar-refractivity contribution is -0.132. The molecule has 4 rings (SSSR count). The van der Waals surface area contributed by atoms with E-state index in [4.69, 9.17) is 22.3 Å². The Morgan fingerprint density at radius 1 is 1.14 bits per heavy atom. The van der Waals surface area contributed by atoms with Crippen LogP contribution in [-0.4, -0.2) is 52.7 Å². The van der Waals surface area contributed by atoms with E-state index in [1.807, 2.05) is 59.5 Å². The first-order valence-corrected chi connectivity index (χ1v) is 12.4. The lowest BCUT2D eigenvalue weighted by atomic mass is 9.90. The van der Waals surface area contributed by atoms with Gasteiger partial charge in [0, 0.05) is 61.6 Å². The summed E-state index contributed by atoms with van der Waals surface area (Å²) in [4.78, 5) is 31.6. The standard InChI is InChI=1S/C28H34N6O3/c1-33(31)17-25(30)22-14-23(22)26(24(15-29)28(36)37)32-21-11-5-9-19(13-21)20-10-6-12-34(16-20)27(35)18-7-3-2-4-8-18/h2-5,7-9,11,13,15,17,20,22-23H,6,10,12,14,16,29-31H2,1H3,(H,36,37)/b24-15?,25-17-,32-26?. The molecule has 2 aliphatic rings. The summed E-state index contributed by atoms with van der Waals surface area (Å²) in [5, 5.41) is 11.1. The molecule has 3 unspecified atom stereocenters. The molecule has 1 heterocycles. The van der Waals surface area contributed by atoms with E-state index < -0.39 is 5.97 Å². The minimum atomic E-state index is -1.14. The summed E-state index contributed by atoms with van der Waals surface area (Å²) in [5.74, 6) is 4.52. The van der Waals surface area contributed by atoms with Gasteiger partial charge in [0.25, 0.3) is 5.91 Å². The SMILES string of the molecule is CN(N)/C=C(\N)C1CC1C(=Nc1cccc(C2CCCN(C(=O)c3ccccc3)C2)c1)C(=CN)C(=O)O. The topological polar surface area (TPSA) is 151 Å². The van der Waals surface area contributed by atoms with Gasteiger partial charge in [0.05, 0.1) is 17.0 Å². The zero-order chi connectivity index (χ0) is 26.5. The van der Waals surface area contributed by atoms with Gasteiger partial charge >= 0.3 is 5.97 Å². The Morgan fingerprint density at radius 3 is 2.57 bits per heavy atom. The van der Waals surface area contributed by atoms with Gasteiger partial charge in [-0.1, -0.05) is 30.3 Å². The summed E-state index contributed by atoms with van der Waals surface area (Å²) in [7, 11) is 1.67. The highest BCUT2D eigenvalue weighted by atomic mass is 16.4. The molecule has 2 aromatic rings. The fourth-order valence-electron chi connectivity index (χ4n) is 4.99. The van der Waals surface area contributed by atoms with Gasteiger partial charge in [-0.05, 0) is 49.1 Å². The van der Waals surface area contributed by atoms with E-state index in [1.165, 1.54) is 5.01 Å².